The number of halogens is 1. The van der Waals surface area contributed by atoms with Crippen LogP contribution in [-0.2, 0) is 0 Å². The molecule has 0 saturated carbocycles. The van der Waals surface area contributed by atoms with Gasteiger partial charge in [-0.2, -0.15) is 9.47 Å². The van der Waals surface area contributed by atoms with E-state index in [9.17, 15) is 9.59 Å². The number of aryl methyl sites for hydroxylation is 1. The molecule has 7 nitrogen and oxygen atoms in total. The van der Waals surface area contributed by atoms with Gasteiger partial charge in [0.25, 0.3) is 11.5 Å². The number of aromatic amines is 1. The minimum absolute atomic E-state index is 0.0157. The number of nitrogens with zero attached hydrogens (tertiary/aromatic N) is 3. The van der Waals surface area contributed by atoms with Gasteiger partial charge in [0.05, 0.1) is 0 Å². The van der Waals surface area contributed by atoms with Crippen molar-refractivity contribution in [2.45, 2.75) is 19.4 Å². The molecule has 1 aliphatic rings. The van der Waals surface area contributed by atoms with Crippen LogP contribution in [0.3, 0.4) is 0 Å². The second-order valence-electron chi connectivity index (χ2n) is 5.13. The Bertz CT molecular complexity index is 759. The van der Waals surface area contributed by atoms with Crippen molar-refractivity contribution in [3.8, 4) is 0 Å². The van der Waals surface area contributed by atoms with Gasteiger partial charge in [0.1, 0.15) is 10.7 Å². The van der Waals surface area contributed by atoms with E-state index in [4.69, 9.17) is 11.6 Å². The number of carbonyl (C=O) groups is 1. The Balaban J connectivity index is 1.63. The molecule has 0 radical (unpaired) electrons. The van der Waals surface area contributed by atoms with Gasteiger partial charge in [-0.05, 0) is 30.9 Å². The van der Waals surface area contributed by atoms with Crippen LogP contribution in [0.2, 0.25) is 5.02 Å². The molecular formula is C13H14ClN5O2S. The third-order valence-corrected chi connectivity index (χ3v) is 4.43. The van der Waals surface area contributed by atoms with E-state index in [-0.39, 0.29) is 17.0 Å². The fraction of sp³-hybridized carbons (Fsp3) is 0.385. The first-order valence-electron chi connectivity index (χ1n) is 6.77. The van der Waals surface area contributed by atoms with Gasteiger partial charge in [0, 0.05) is 30.1 Å². The smallest absolute Gasteiger partial charge is 0.283 e. The highest BCUT2D eigenvalue weighted by Gasteiger charge is 2.26. The molecule has 116 valence electrons. The molecule has 1 amide bonds. The predicted octanol–water partition coefficient (Wildman–Crippen LogP) is 1.20. The van der Waals surface area contributed by atoms with Crippen molar-refractivity contribution in [3.05, 3.63) is 38.1 Å². The summed E-state index contributed by atoms with van der Waals surface area (Å²) in [4.78, 5) is 26.3. The van der Waals surface area contributed by atoms with E-state index < -0.39 is 5.56 Å². The van der Waals surface area contributed by atoms with Crippen LogP contribution >= 0.6 is 23.1 Å². The minimum Gasteiger partial charge on any atom is -0.353 e. The zero-order valence-electron chi connectivity index (χ0n) is 11.8. The number of H-pyrrole nitrogens is 1. The number of hydrogen-bond donors (Lipinski definition) is 2. The van der Waals surface area contributed by atoms with E-state index in [1.54, 1.807) is 6.07 Å². The maximum Gasteiger partial charge on any atom is 0.283 e. The molecule has 0 aliphatic carbocycles. The Morgan fingerprint density at radius 1 is 1.55 bits per heavy atom. The van der Waals surface area contributed by atoms with Crippen LogP contribution in [0, 0.1) is 6.92 Å². The van der Waals surface area contributed by atoms with Crippen molar-refractivity contribution in [2.24, 2.45) is 0 Å². The quantitative estimate of drug-likeness (QED) is 0.876. The molecule has 1 saturated heterocycles. The second kappa shape index (κ2) is 6.05. The van der Waals surface area contributed by atoms with E-state index in [2.05, 4.69) is 19.9 Å². The fourth-order valence-corrected chi connectivity index (χ4v) is 3.04. The number of anilines is 1. The van der Waals surface area contributed by atoms with Crippen LogP contribution in [0.5, 0.6) is 0 Å². The molecule has 3 rings (SSSR count). The molecule has 22 heavy (non-hydrogen) atoms. The van der Waals surface area contributed by atoms with Gasteiger partial charge in [0.2, 0.25) is 0 Å². The first-order chi connectivity index (χ1) is 10.5. The first kappa shape index (κ1) is 15.0. The summed E-state index contributed by atoms with van der Waals surface area (Å²) in [5.41, 5.74) is 0.0412. The summed E-state index contributed by atoms with van der Waals surface area (Å²) >= 11 is 7.12. The number of carbonyl (C=O) groups excluding carboxylic acids is 1. The Kier molecular flexibility index (Phi) is 4.12. The van der Waals surface area contributed by atoms with E-state index in [0.29, 0.717) is 18.1 Å². The van der Waals surface area contributed by atoms with Crippen LogP contribution < -0.4 is 15.8 Å². The molecular weight excluding hydrogens is 326 g/mol. The van der Waals surface area contributed by atoms with Crippen LogP contribution in [0.25, 0.3) is 0 Å². The van der Waals surface area contributed by atoms with Gasteiger partial charge in [-0.1, -0.05) is 11.6 Å². The van der Waals surface area contributed by atoms with Crippen molar-refractivity contribution in [2.75, 3.05) is 18.0 Å². The van der Waals surface area contributed by atoms with Crippen LogP contribution in [0.15, 0.2) is 16.9 Å². The normalized spacial score (nSPS) is 17.7. The van der Waals surface area contributed by atoms with E-state index >= 15 is 0 Å². The second-order valence-corrected chi connectivity index (χ2v) is 6.55. The van der Waals surface area contributed by atoms with Crippen LogP contribution in [0.1, 0.15) is 21.8 Å². The molecule has 3 heterocycles. The average molecular weight is 340 g/mol. The Hall–Kier alpha value is -1.93. The van der Waals surface area contributed by atoms with E-state index in [1.165, 1.54) is 17.6 Å². The molecule has 1 atom stereocenters. The number of nitrogens with one attached hydrogen (secondary N) is 2. The van der Waals surface area contributed by atoms with Gasteiger partial charge in [-0.15, -0.1) is 0 Å². The van der Waals surface area contributed by atoms with Gasteiger partial charge in [-0.25, -0.2) is 5.10 Å². The summed E-state index contributed by atoms with van der Waals surface area (Å²) in [5.74, 6) is 0.439. The van der Waals surface area contributed by atoms with E-state index in [0.717, 1.165) is 17.8 Å². The molecule has 2 aromatic heterocycles. The predicted molar refractivity (Wildman–Crippen MR) is 84.8 cm³/mol. The molecule has 0 bridgehead atoms. The summed E-state index contributed by atoms with van der Waals surface area (Å²) < 4.78 is 4.10. The fourth-order valence-electron chi connectivity index (χ4n) is 2.35. The lowest BCUT2D eigenvalue weighted by molar-refractivity contribution is 0.0936. The maximum absolute atomic E-state index is 12.1. The SMILES string of the molecule is Cc1cc(C(=O)NC2CCN(c3cc(Cl)c(=O)[nH]n3)C2)ns1. The molecule has 2 aromatic rings. The molecule has 1 aliphatic heterocycles. The van der Waals surface area contributed by atoms with Crippen molar-refractivity contribution in [3.63, 3.8) is 0 Å². The molecule has 1 unspecified atom stereocenters. The maximum atomic E-state index is 12.1. The largest absolute Gasteiger partial charge is 0.353 e. The highest BCUT2D eigenvalue weighted by atomic mass is 35.5. The summed E-state index contributed by atoms with van der Waals surface area (Å²) in [6, 6.07) is 3.33. The third-order valence-electron chi connectivity index (χ3n) is 3.45. The number of rotatable bonds is 3. The molecule has 0 spiro atoms. The van der Waals surface area contributed by atoms with Crippen molar-refractivity contribution in [1.29, 1.82) is 0 Å². The van der Waals surface area contributed by atoms with Crippen molar-refractivity contribution < 1.29 is 4.79 Å². The van der Waals surface area contributed by atoms with Gasteiger partial charge in [0.15, 0.2) is 5.82 Å². The average Bonchev–Trinajstić information content (AvgIpc) is 3.11. The van der Waals surface area contributed by atoms with Crippen molar-refractivity contribution >= 4 is 34.9 Å². The zero-order valence-corrected chi connectivity index (χ0v) is 13.4. The van der Waals surface area contributed by atoms with Gasteiger partial charge < -0.3 is 10.2 Å². The van der Waals surface area contributed by atoms with Crippen molar-refractivity contribution in [1.82, 2.24) is 19.9 Å². The van der Waals surface area contributed by atoms with Gasteiger partial charge in [-0.3, -0.25) is 9.59 Å². The highest BCUT2D eigenvalue weighted by molar-refractivity contribution is 7.05. The number of aromatic nitrogens is 3. The lowest BCUT2D eigenvalue weighted by Crippen LogP contribution is -2.37. The summed E-state index contributed by atoms with van der Waals surface area (Å²) in [6.45, 7) is 3.26. The minimum atomic E-state index is -0.409. The topological polar surface area (TPSA) is 91.0 Å². The third kappa shape index (κ3) is 3.12. The van der Waals surface area contributed by atoms with E-state index in [1.807, 2.05) is 11.8 Å². The van der Waals surface area contributed by atoms with Crippen LogP contribution in [0.4, 0.5) is 5.82 Å². The highest BCUT2D eigenvalue weighted by Crippen LogP contribution is 2.19. The number of hydrogen-bond acceptors (Lipinski definition) is 6. The lowest BCUT2D eigenvalue weighted by Gasteiger charge is -2.17. The Morgan fingerprint density at radius 2 is 2.36 bits per heavy atom. The molecule has 9 heteroatoms. The monoisotopic (exact) mass is 339 g/mol. The standard InChI is InChI=1S/C13H14ClN5O2S/c1-7-4-10(18-22-7)13(21)15-8-2-3-19(6-8)11-5-9(14)12(20)17-16-11/h4-5,8H,2-3,6H2,1H3,(H,15,21)(H,17,20). The van der Waals surface area contributed by atoms with Gasteiger partial charge >= 0.3 is 0 Å². The summed E-state index contributed by atoms with van der Waals surface area (Å²) in [7, 11) is 0. The summed E-state index contributed by atoms with van der Waals surface area (Å²) in [5, 5.41) is 9.40. The number of amides is 1. The molecule has 0 aromatic carbocycles. The Labute approximate surface area is 135 Å². The van der Waals surface area contributed by atoms with Crippen LogP contribution in [-0.4, -0.2) is 39.6 Å². The molecule has 1 fully saturated rings. The summed E-state index contributed by atoms with van der Waals surface area (Å²) in [6.07, 6.45) is 0.799. The zero-order chi connectivity index (χ0) is 15.7. The molecule has 2 N–H and O–H groups in total. The first-order valence-corrected chi connectivity index (χ1v) is 7.92. The Morgan fingerprint density at radius 3 is 3.05 bits per heavy atom. The lowest BCUT2D eigenvalue weighted by atomic mass is 10.2.